The molecule has 0 radical (unpaired) electrons. The molecular weight excluding hydrogens is 176 g/mol. The minimum Gasteiger partial charge on any atom is -0.431 e. The topological polar surface area (TPSA) is 30.2 Å². The lowest BCUT2D eigenvalue weighted by molar-refractivity contribution is 0.519. The second-order valence-electron chi connectivity index (χ2n) is 3.45. The zero-order valence-electron chi connectivity index (χ0n) is 7.49. The average molecular weight is 184 g/mol. The molecule has 1 aliphatic carbocycles. The maximum Gasteiger partial charge on any atom is 0.343 e. The van der Waals surface area contributed by atoms with Crippen molar-refractivity contribution < 1.29 is 4.42 Å². The van der Waals surface area contributed by atoms with Crippen LogP contribution in [0.1, 0.15) is 11.1 Å². The van der Waals surface area contributed by atoms with Crippen molar-refractivity contribution in [3.63, 3.8) is 0 Å². The molecule has 1 heterocycles. The van der Waals surface area contributed by atoms with Crippen LogP contribution in [0.3, 0.4) is 0 Å². The van der Waals surface area contributed by atoms with Gasteiger partial charge >= 0.3 is 5.63 Å². The molecule has 0 fully saturated rings. The monoisotopic (exact) mass is 184 g/mol. The highest BCUT2D eigenvalue weighted by Gasteiger charge is 2.08. The molecule has 0 amide bonds. The fourth-order valence-corrected chi connectivity index (χ4v) is 1.87. The van der Waals surface area contributed by atoms with Crippen LogP contribution >= 0.6 is 0 Å². The third-order valence-corrected chi connectivity index (χ3v) is 2.59. The van der Waals surface area contributed by atoms with Gasteiger partial charge in [-0.25, -0.2) is 4.79 Å². The Balaban J connectivity index is 2.48. The van der Waals surface area contributed by atoms with Crippen LogP contribution in [-0.4, -0.2) is 0 Å². The quantitative estimate of drug-likeness (QED) is 0.629. The van der Waals surface area contributed by atoms with Gasteiger partial charge in [-0.05, 0) is 41.1 Å². The molecule has 0 saturated carbocycles. The molecule has 1 aromatic heterocycles. The molecule has 68 valence electrons. The standard InChI is InChI=1S/C12H8O2/c13-12-11-7-9-3-1-2-8(9)6-10(11)4-5-14-12/h1-2,4-7H,3H2. The van der Waals surface area contributed by atoms with Gasteiger partial charge < -0.3 is 4.42 Å². The van der Waals surface area contributed by atoms with E-state index < -0.39 is 0 Å². The van der Waals surface area contributed by atoms with Crippen LogP contribution < -0.4 is 5.63 Å². The molecule has 1 aliphatic rings. The first-order valence-corrected chi connectivity index (χ1v) is 4.55. The van der Waals surface area contributed by atoms with Gasteiger partial charge in [0.25, 0.3) is 0 Å². The molecule has 0 atom stereocenters. The maximum atomic E-state index is 11.4. The first-order valence-electron chi connectivity index (χ1n) is 4.55. The van der Waals surface area contributed by atoms with E-state index in [1.165, 1.54) is 17.4 Å². The Bertz CT molecular complexity index is 591. The van der Waals surface area contributed by atoms with Gasteiger partial charge in [0, 0.05) is 0 Å². The molecule has 2 nitrogen and oxygen atoms in total. The Labute approximate surface area is 80.5 Å². The van der Waals surface area contributed by atoms with Crippen molar-refractivity contribution in [1.29, 1.82) is 0 Å². The van der Waals surface area contributed by atoms with E-state index in [0.29, 0.717) is 5.39 Å². The zero-order valence-corrected chi connectivity index (χ0v) is 7.49. The Morgan fingerprint density at radius 2 is 2.21 bits per heavy atom. The van der Waals surface area contributed by atoms with Crippen molar-refractivity contribution >= 4 is 16.8 Å². The van der Waals surface area contributed by atoms with Gasteiger partial charge in [-0.3, -0.25) is 0 Å². The van der Waals surface area contributed by atoms with Gasteiger partial charge in [0.05, 0.1) is 11.6 Å². The third-order valence-electron chi connectivity index (χ3n) is 2.59. The van der Waals surface area contributed by atoms with Crippen molar-refractivity contribution in [2.24, 2.45) is 0 Å². The summed E-state index contributed by atoms with van der Waals surface area (Å²) < 4.78 is 4.82. The molecule has 1 aromatic carbocycles. The van der Waals surface area contributed by atoms with Gasteiger partial charge in [-0.2, -0.15) is 0 Å². The van der Waals surface area contributed by atoms with E-state index in [2.05, 4.69) is 12.2 Å². The zero-order chi connectivity index (χ0) is 9.54. The largest absolute Gasteiger partial charge is 0.431 e. The molecule has 0 N–H and O–H groups in total. The lowest BCUT2D eigenvalue weighted by Gasteiger charge is -2.00. The van der Waals surface area contributed by atoms with Crippen LogP contribution in [0.15, 0.2) is 39.7 Å². The minimum absolute atomic E-state index is 0.253. The summed E-state index contributed by atoms with van der Waals surface area (Å²) in [4.78, 5) is 11.4. The molecule has 14 heavy (non-hydrogen) atoms. The summed E-state index contributed by atoms with van der Waals surface area (Å²) >= 11 is 0. The van der Waals surface area contributed by atoms with Gasteiger partial charge in [-0.1, -0.05) is 12.2 Å². The van der Waals surface area contributed by atoms with Crippen molar-refractivity contribution in [3.8, 4) is 0 Å². The van der Waals surface area contributed by atoms with E-state index in [9.17, 15) is 4.79 Å². The van der Waals surface area contributed by atoms with E-state index in [-0.39, 0.29) is 5.63 Å². The van der Waals surface area contributed by atoms with E-state index in [1.807, 2.05) is 18.2 Å². The number of fused-ring (bicyclic) bond motifs is 2. The maximum absolute atomic E-state index is 11.4. The predicted molar refractivity (Wildman–Crippen MR) is 55.2 cm³/mol. The van der Waals surface area contributed by atoms with Crippen molar-refractivity contribution in [1.82, 2.24) is 0 Å². The smallest absolute Gasteiger partial charge is 0.343 e. The van der Waals surface area contributed by atoms with E-state index in [1.54, 1.807) is 0 Å². The number of allylic oxidation sites excluding steroid dienone is 1. The molecule has 3 rings (SSSR count). The summed E-state index contributed by atoms with van der Waals surface area (Å²) in [5, 5.41) is 1.63. The predicted octanol–water partition coefficient (Wildman–Crippen LogP) is 2.36. The molecule has 2 heteroatoms. The van der Waals surface area contributed by atoms with E-state index in [0.717, 1.165) is 11.8 Å². The second kappa shape index (κ2) is 2.58. The van der Waals surface area contributed by atoms with Crippen LogP contribution in [0, 0.1) is 0 Å². The van der Waals surface area contributed by atoms with Crippen molar-refractivity contribution in [2.45, 2.75) is 6.42 Å². The molecule has 0 aliphatic heterocycles. The summed E-state index contributed by atoms with van der Waals surface area (Å²) in [6.07, 6.45) is 6.55. The SMILES string of the molecule is O=c1occc2cc3c(cc12)CC=C3. The summed E-state index contributed by atoms with van der Waals surface area (Å²) in [5.74, 6) is 0. The number of hydrogen-bond acceptors (Lipinski definition) is 2. The van der Waals surface area contributed by atoms with Crippen LogP contribution in [0.2, 0.25) is 0 Å². The third kappa shape index (κ3) is 0.940. The highest BCUT2D eigenvalue weighted by molar-refractivity contribution is 5.85. The summed E-state index contributed by atoms with van der Waals surface area (Å²) in [7, 11) is 0. The molecule has 2 aromatic rings. The lowest BCUT2D eigenvalue weighted by atomic mass is 10.0. The molecule has 0 unspecified atom stereocenters. The fourth-order valence-electron chi connectivity index (χ4n) is 1.87. The van der Waals surface area contributed by atoms with E-state index >= 15 is 0 Å². The number of benzene rings is 1. The van der Waals surface area contributed by atoms with Crippen molar-refractivity contribution in [3.05, 3.63) is 52.1 Å². The van der Waals surface area contributed by atoms with Gasteiger partial charge in [-0.15, -0.1) is 0 Å². The summed E-state index contributed by atoms with van der Waals surface area (Å²) in [5.41, 5.74) is 2.16. The van der Waals surface area contributed by atoms with E-state index in [4.69, 9.17) is 4.42 Å². The molecule has 0 bridgehead atoms. The first kappa shape index (κ1) is 7.56. The molecule has 0 saturated heterocycles. The first-order chi connectivity index (χ1) is 6.84. The van der Waals surface area contributed by atoms with Crippen LogP contribution in [0.5, 0.6) is 0 Å². The van der Waals surface area contributed by atoms with Crippen LogP contribution in [-0.2, 0) is 6.42 Å². The van der Waals surface area contributed by atoms with Gasteiger partial charge in [0.1, 0.15) is 0 Å². The Hall–Kier alpha value is -1.83. The highest BCUT2D eigenvalue weighted by atomic mass is 16.4. The number of hydrogen-bond donors (Lipinski definition) is 0. The van der Waals surface area contributed by atoms with Gasteiger partial charge in [0.2, 0.25) is 0 Å². The molecular formula is C12H8O2. The second-order valence-corrected chi connectivity index (χ2v) is 3.45. The van der Waals surface area contributed by atoms with Crippen molar-refractivity contribution in [2.75, 3.05) is 0 Å². The lowest BCUT2D eigenvalue weighted by Crippen LogP contribution is -1.99. The van der Waals surface area contributed by atoms with Gasteiger partial charge in [0.15, 0.2) is 0 Å². The average Bonchev–Trinajstić information content (AvgIpc) is 2.62. The number of rotatable bonds is 0. The normalized spacial score (nSPS) is 13.4. The Morgan fingerprint density at radius 3 is 3.14 bits per heavy atom. The molecule has 0 spiro atoms. The highest BCUT2D eigenvalue weighted by Crippen LogP contribution is 2.23. The van der Waals surface area contributed by atoms with Crippen LogP contribution in [0.4, 0.5) is 0 Å². The Morgan fingerprint density at radius 1 is 1.29 bits per heavy atom. The summed E-state index contributed by atoms with van der Waals surface area (Å²) in [6, 6.07) is 5.78. The fraction of sp³-hybridized carbons (Fsp3) is 0.0833. The van der Waals surface area contributed by atoms with Crippen LogP contribution in [0.25, 0.3) is 16.8 Å². The summed E-state index contributed by atoms with van der Waals surface area (Å²) in [6.45, 7) is 0. The minimum atomic E-state index is -0.253. The Kier molecular flexibility index (Phi) is 1.39.